The van der Waals surface area contributed by atoms with E-state index in [1.165, 1.54) is 21.8 Å². The van der Waals surface area contributed by atoms with Crippen molar-refractivity contribution in [3.63, 3.8) is 0 Å². The number of likely N-dealkylation sites (tertiary alicyclic amines) is 1. The lowest BCUT2D eigenvalue weighted by molar-refractivity contribution is -0.126. The lowest BCUT2D eigenvalue weighted by Crippen LogP contribution is -2.49. The molecule has 6 heteroatoms. The predicted octanol–water partition coefficient (Wildman–Crippen LogP) is 4.36. The third-order valence-corrected chi connectivity index (χ3v) is 6.86. The van der Waals surface area contributed by atoms with Gasteiger partial charge in [0.2, 0.25) is 5.91 Å². The molecule has 1 saturated heterocycles. The highest BCUT2D eigenvalue weighted by Crippen LogP contribution is 2.33. The minimum Gasteiger partial charge on any atom is -0.354 e. The van der Waals surface area contributed by atoms with Crippen molar-refractivity contribution < 1.29 is 9.18 Å². The molecule has 1 amide bonds. The summed E-state index contributed by atoms with van der Waals surface area (Å²) in [6.45, 7) is 4.35. The number of rotatable bonds is 6. The number of hydrogen-bond donors (Lipinski definition) is 1. The van der Waals surface area contributed by atoms with E-state index in [0.717, 1.165) is 37.0 Å². The van der Waals surface area contributed by atoms with Gasteiger partial charge in [-0.15, -0.1) is 11.3 Å². The molecular formula is C23H26FN3OS. The maximum Gasteiger partial charge on any atom is 0.237 e. The largest absolute Gasteiger partial charge is 0.354 e. The fourth-order valence-corrected chi connectivity index (χ4v) is 5.01. The summed E-state index contributed by atoms with van der Waals surface area (Å²) >= 11 is 1.77. The van der Waals surface area contributed by atoms with Crippen LogP contribution in [0.5, 0.6) is 0 Å². The van der Waals surface area contributed by atoms with Crippen LogP contribution in [0, 0.1) is 5.82 Å². The van der Waals surface area contributed by atoms with Crippen LogP contribution >= 0.6 is 11.3 Å². The van der Waals surface area contributed by atoms with Gasteiger partial charge in [0.05, 0.1) is 21.3 Å². The van der Waals surface area contributed by atoms with E-state index in [0.29, 0.717) is 18.9 Å². The van der Waals surface area contributed by atoms with Crippen LogP contribution in [-0.2, 0) is 11.2 Å². The molecule has 0 bridgehead atoms. The Morgan fingerprint density at radius 1 is 1.28 bits per heavy atom. The minimum atomic E-state index is -0.237. The Kier molecular flexibility index (Phi) is 6.21. The van der Waals surface area contributed by atoms with Gasteiger partial charge in [-0.1, -0.05) is 24.3 Å². The van der Waals surface area contributed by atoms with Crippen molar-refractivity contribution in [2.75, 3.05) is 19.6 Å². The summed E-state index contributed by atoms with van der Waals surface area (Å²) < 4.78 is 14.2. The van der Waals surface area contributed by atoms with E-state index in [2.05, 4.69) is 28.4 Å². The summed E-state index contributed by atoms with van der Waals surface area (Å²) in [6.07, 6.45) is 2.90. The maximum absolute atomic E-state index is 13.0. The molecule has 1 N–H and O–H groups in total. The Morgan fingerprint density at radius 2 is 2.07 bits per heavy atom. The average Bonchev–Trinajstić information content (AvgIpc) is 3.19. The molecular weight excluding hydrogens is 385 g/mol. The monoisotopic (exact) mass is 411 g/mol. The van der Waals surface area contributed by atoms with E-state index in [1.807, 2.05) is 13.0 Å². The molecule has 2 heterocycles. The van der Waals surface area contributed by atoms with Crippen LogP contribution in [0.3, 0.4) is 0 Å². The molecule has 1 aliphatic rings. The first-order valence-electron chi connectivity index (χ1n) is 10.2. The summed E-state index contributed by atoms with van der Waals surface area (Å²) in [4.78, 5) is 19.7. The van der Waals surface area contributed by atoms with Crippen molar-refractivity contribution in [3.8, 4) is 0 Å². The first-order valence-corrected chi connectivity index (χ1v) is 11.0. The SMILES string of the molecule is C[C@H](C(=O)NCCc1ccc(F)cc1)N1CCC[C@H](c2nc3ccccc3s2)C1. The quantitative estimate of drug-likeness (QED) is 0.655. The van der Waals surface area contributed by atoms with Gasteiger partial charge in [-0.25, -0.2) is 9.37 Å². The number of benzene rings is 2. The van der Waals surface area contributed by atoms with E-state index >= 15 is 0 Å². The van der Waals surface area contributed by atoms with Crippen LogP contribution in [0.2, 0.25) is 0 Å². The molecule has 0 unspecified atom stereocenters. The minimum absolute atomic E-state index is 0.0528. The van der Waals surface area contributed by atoms with Crippen LogP contribution in [0.25, 0.3) is 10.2 Å². The zero-order valence-corrected chi connectivity index (χ0v) is 17.4. The predicted molar refractivity (Wildman–Crippen MR) is 116 cm³/mol. The molecule has 2 atom stereocenters. The highest BCUT2D eigenvalue weighted by Gasteiger charge is 2.29. The first kappa shape index (κ1) is 20.0. The topological polar surface area (TPSA) is 45.2 Å². The Labute approximate surface area is 174 Å². The number of carbonyl (C=O) groups excluding carboxylic acids is 1. The second-order valence-corrected chi connectivity index (χ2v) is 8.76. The van der Waals surface area contributed by atoms with Crippen molar-refractivity contribution in [1.29, 1.82) is 0 Å². The van der Waals surface area contributed by atoms with E-state index < -0.39 is 0 Å². The number of piperidine rings is 1. The Hall–Kier alpha value is -2.31. The lowest BCUT2D eigenvalue weighted by Gasteiger charge is -2.35. The van der Waals surface area contributed by atoms with Gasteiger partial charge < -0.3 is 5.32 Å². The molecule has 3 aromatic rings. The van der Waals surface area contributed by atoms with Crippen molar-refractivity contribution >= 4 is 27.5 Å². The number of para-hydroxylation sites is 1. The Bertz CT molecular complexity index is 939. The van der Waals surface area contributed by atoms with E-state index in [4.69, 9.17) is 4.98 Å². The van der Waals surface area contributed by atoms with Crippen molar-refractivity contribution in [3.05, 3.63) is 64.9 Å². The summed E-state index contributed by atoms with van der Waals surface area (Å²) in [5.41, 5.74) is 2.09. The number of halogens is 1. The van der Waals surface area contributed by atoms with Crippen LogP contribution in [0.1, 0.15) is 36.3 Å². The van der Waals surface area contributed by atoms with Crippen molar-refractivity contribution in [1.82, 2.24) is 15.2 Å². The fourth-order valence-electron chi connectivity index (χ4n) is 3.92. The molecule has 0 aliphatic carbocycles. The number of hydrogen-bond acceptors (Lipinski definition) is 4. The highest BCUT2D eigenvalue weighted by molar-refractivity contribution is 7.18. The lowest BCUT2D eigenvalue weighted by atomic mass is 9.97. The van der Waals surface area contributed by atoms with E-state index in [9.17, 15) is 9.18 Å². The van der Waals surface area contributed by atoms with Gasteiger partial charge in [-0.05, 0) is 62.6 Å². The number of nitrogens with one attached hydrogen (secondary N) is 1. The van der Waals surface area contributed by atoms with E-state index in [-0.39, 0.29) is 17.8 Å². The molecule has 1 fully saturated rings. The Morgan fingerprint density at radius 3 is 2.86 bits per heavy atom. The molecule has 4 rings (SSSR count). The van der Waals surface area contributed by atoms with Gasteiger partial charge in [0.25, 0.3) is 0 Å². The second kappa shape index (κ2) is 9.01. The molecule has 0 saturated carbocycles. The van der Waals surface area contributed by atoms with Gasteiger partial charge in [0.15, 0.2) is 0 Å². The number of thiazole rings is 1. The van der Waals surface area contributed by atoms with Crippen LogP contribution < -0.4 is 5.32 Å². The van der Waals surface area contributed by atoms with Gasteiger partial charge in [-0.2, -0.15) is 0 Å². The summed E-state index contributed by atoms with van der Waals surface area (Å²) in [6, 6.07) is 14.5. The zero-order valence-electron chi connectivity index (χ0n) is 16.6. The molecule has 2 aromatic carbocycles. The third kappa shape index (κ3) is 4.82. The van der Waals surface area contributed by atoms with Gasteiger partial charge in [0.1, 0.15) is 5.82 Å². The zero-order chi connectivity index (χ0) is 20.2. The highest BCUT2D eigenvalue weighted by atomic mass is 32.1. The third-order valence-electron chi connectivity index (χ3n) is 5.67. The molecule has 0 spiro atoms. The van der Waals surface area contributed by atoms with E-state index in [1.54, 1.807) is 23.5 Å². The second-order valence-electron chi connectivity index (χ2n) is 7.70. The number of amides is 1. The molecule has 0 radical (unpaired) electrons. The van der Waals surface area contributed by atoms with Crippen LogP contribution in [-0.4, -0.2) is 41.5 Å². The van der Waals surface area contributed by atoms with Crippen molar-refractivity contribution in [2.24, 2.45) is 0 Å². The van der Waals surface area contributed by atoms with Crippen LogP contribution in [0.4, 0.5) is 4.39 Å². The van der Waals surface area contributed by atoms with Crippen molar-refractivity contribution in [2.45, 2.75) is 38.1 Å². The number of nitrogens with zero attached hydrogens (tertiary/aromatic N) is 2. The molecule has 29 heavy (non-hydrogen) atoms. The molecule has 1 aliphatic heterocycles. The molecule has 1 aromatic heterocycles. The summed E-state index contributed by atoms with van der Waals surface area (Å²) in [5.74, 6) is 0.201. The van der Waals surface area contributed by atoms with Gasteiger partial charge >= 0.3 is 0 Å². The average molecular weight is 412 g/mol. The van der Waals surface area contributed by atoms with Gasteiger partial charge in [-0.3, -0.25) is 9.69 Å². The standard InChI is InChI=1S/C23H26FN3OS/c1-16(22(28)25-13-12-17-8-10-19(24)11-9-17)27-14-4-5-18(15-27)23-26-20-6-2-3-7-21(20)29-23/h2-3,6-11,16,18H,4-5,12-15H2,1H3,(H,25,28)/t16-,18+/m1/s1. The first-order chi connectivity index (χ1) is 14.1. The maximum atomic E-state index is 13.0. The number of carbonyl (C=O) groups is 1. The molecule has 4 nitrogen and oxygen atoms in total. The van der Waals surface area contributed by atoms with Crippen LogP contribution in [0.15, 0.2) is 48.5 Å². The smallest absolute Gasteiger partial charge is 0.237 e. The molecule has 152 valence electrons. The normalized spacial score (nSPS) is 18.6. The number of aromatic nitrogens is 1. The fraction of sp³-hybridized carbons (Fsp3) is 0.391. The number of fused-ring (bicyclic) bond motifs is 1. The van der Waals surface area contributed by atoms with Gasteiger partial charge in [0, 0.05) is 19.0 Å². The summed E-state index contributed by atoms with van der Waals surface area (Å²) in [7, 11) is 0. The Balaban J connectivity index is 1.32. The summed E-state index contributed by atoms with van der Waals surface area (Å²) in [5, 5.41) is 4.21.